The van der Waals surface area contributed by atoms with Gasteiger partial charge in [-0.05, 0) is 42.3 Å². The summed E-state index contributed by atoms with van der Waals surface area (Å²) in [5.74, 6) is -0.134. The molecule has 0 saturated heterocycles. The number of anilines is 2. The largest absolute Gasteiger partial charge is 0.376 e. The van der Waals surface area contributed by atoms with Crippen molar-refractivity contribution in [2.75, 3.05) is 31.3 Å². The second-order valence-corrected chi connectivity index (χ2v) is 6.86. The van der Waals surface area contributed by atoms with Gasteiger partial charge in [-0.2, -0.15) is 0 Å². The minimum Gasteiger partial charge on any atom is -0.376 e. The highest BCUT2D eigenvalue weighted by Crippen LogP contribution is 2.25. The maximum atomic E-state index is 12.1. The van der Waals surface area contributed by atoms with Gasteiger partial charge in [-0.25, -0.2) is 0 Å². The van der Waals surface area contributed by atoms with Gasteiger partial charge in [-0.15, -0.1) is 0 Å². The lowest BCUT2D eigenvalue weighted by Gasteiger charge is -2.12. The van der Waals surface area contributed by atoms with Gasteiger partial charge < -0.3 is 15.5 Å². The Morgan fingerprint density at radius 3 is 2.54 bits per heavy atom. The van der Waals surface area contributed by atoms with Crippen LogP contribution < -0.4 is 10.6 Å². The Kier molecular flexibility index (Phi) is 7.30. The molecule has 5 nitrogen and oxygen atoms in total. The monoisotopic (exact) mass is 393 g/mol. The first kappa shape index (κ1) is 20.1. The van der Waals surface area contributed by atoms with E-state index in [2.05, 4.69) is 10.6 Å². The van der Waals surface area contributed by atoms with E-state index in [4.69, 9.17) is 23.2 Å². The molecular formula is C19H21Cl2N3O2. The van der Waals surface area contributed by atoms with Crippen LogP contribution >= 0.6 is 23.2 Å². The second-order valence-electron chi connectivity index (χ2n) is 6.01. The topological polar surface area (TPSA) is 61.4 Å². The van der Waals surface area contributed by atoms with Crippen LogP contribution in [0.1, 0.15) is 12.0 Å². The number of carbonyl (C=O) groups excluding carboxylic acids is 2. The molecule has 0 bridgehead atoms. The van der Waals surface area contributed by atoms with Crippen LogP contribution in [-0.2, 0) is 16.0 Å². The Labute approximate surface area is 163 Å². The normalized spacial score (nSPS) is 10.3. The van der Waals surface area contributed by atoms with Crippen LogP contribution in [0.4, 0.5) is 11.4 Å². The van der Waals surface area contributed by atoms with E-state index >= 15 is 0 Å². The number of amides is 2. The van der Waals surface area contributed by atoms with Gasteiger partial charge in [-0.3, -0.25) is 9.59 Å². The maximum absolute atomic E-state index is 12.1. The molecule has 0 spiro atoms. The zero-order chi connectivity index (χ0) is 19.1. The van der Waals surface area contributed by atoms with Gasteiger partial charge in [0.05, 0.1) is 17.3 Å². The Bertz CT molecular complexity index is 794. The summed E-state index contributed by atoms with van der Waals surface area (Å²) in [4.78, 5) is 25.3. The molecule has 0 unspecified atom stereocenters. The predicted molar refractivity (Wildman–Crippen MR) is 107 cm³/mol. The fraction of sp³-hybridized carbons (Fsp3) is 0.263. The number of benzene rings is 2. The van der Waals surface area contributed by atoms with Crippen LogP contribution in [0.3, 0.4) is 0 Å². The van der Waals surface area contributed by atoms with Crippen molar-refractivity contribution in [2.24, 2.45) is 0 Å². The smallest absolute Gasteiger partial charge is 0.243 e. The molecule has 0 aromatic heterocycles. The van der Waals surface area contributed by atoms with Crippen molar-refractivity contribution in [3.05, 3.63) is 58.1 Å². The summed E-state index contributed by atoms with van der Waals surface area (Å²) in [6.07, 6.45) is 1.10. The summed E-state index contributed by atoms with van der Waals surface area (Å²) in [6.45, 7) is 0.0963. The van der Waals surface area contributed by atoms with Gasteiger partial charge in [0.25, 0.3) is 0 Å². The van der Waals surface area contributed by atoms with E-state index in [1.807, 2.05) is 24.3 Å². The number of hydrogen-bond donors (Lipinski definition) is 2. The summed E-state index contributed by atoms with van der Waals surface area (Å²) >= 11 is 11.9. The average Bonchev–Trinajstić information content (AvgIpc) is 2.60. The quantitative estimate of drug-likeness (QED) is 0.745. The molecule has 2 aromatic rings. The summed E-state index contributed by atoms with van der Waals surface area (Å²) < 4.78 is 0. The molecule has 2 rings (SSSR count). The third-order valence-corrected chi connectivity index (χ3v) is 4.26. The van der Waals surface area contributed by atoms with Crippen LogP contribution in [0.15, 0.2) is 42.5 Å². The van der Waals surface area contributed by atoms with Gasteiger partial charge in [0.2, 0.25) is 11.8 Å². The molecule has 2 N–H and O–H groups in total. The van der Waals surface area contributed by atoms with Crippen molar-refractivity contribution in [1.29, 1.82) is 0 Å². The summed E-state index contributed by atoms with van der Waals surface area (Å²) in [5, 5.41) is 6.70. The summed E-state index contributed by atoms with van der Waals surface area (Å²) in [5.41, 5.74) is 2.36. The molecule has 2 aromatic carbocycles. The number of nitrogens with one attached hydrogen (secondary N) is 2. The first-order chi connectivity index (χ1) is 12.3. The van der Waals surface area contributed by atoms with Crippen LogP contribution in [0, 0.1) is 0 Å². The third kappa shape index (κ3) is 6.24. The van der Waals surface area contributed by atoms with Gasteiger partial charge in [0, 0.05) is 31.2 Å². The van der Waals surface area contributed by atoms with Gasteiger partial charge in [-0.1, -0.05) is 35.3 Å². The van der Waals surface area contributed by atoms with E-state index in [0.717, 1.165) is 11.3 Å². The molecule has 0 aliphatic carbocycles. The number of rotatable bonds is 7. The number of halogens is 2. The molecule has 0 atom stereocenters. The molecule has 0 saturated carbocycles. The van der Waals surface area contributed by atoms with Crippen molar-refractivity contribution < 1.29 is 9.59 Å². The van der Waals surface area contributed by atoms with E-state index in [-0.39, 0.29) is 18.4 Å². The maximum Gasteiger partial charge on any atom is 0.243 e. The van der Waals surface area contributed by atoms with Crippen LogP contribution in [-0.4, -0.2) is 37.4 Å². The highest BCUT2D eigenvalue weighted by atomic mass is 35.5. The Morgan fingerprint density at radius 1 is 1.08 bits per heavy atom. The van der Waals surface area contributed by atoms with Crippen molar-refractivity contribution in [3.63, 3.8) is 0 Å². The fourth-order valence-corrected chi connectivity index (χ4v) is 2.74. The minimum absolute atomic E-state index is 0.0857. The number of hydrogen-bond acceptors (Lipinski definition) is 3. The van der Waals surface area contributed by atoms with Crippen molar-refractivity contribution in [3.8, 4) is 0 Å². The zero-order valence-electron chi connectivity index (χ0n) is 14.7. The second kappa shape index (κ2) is 9.46. The lowest BCUT2D eigenvalue weighted by atomic mass is 10.1. The molecule has 26 heavy (non-hydrogen) atoms. The highest BCUT2D eigenvalue weighted by molar-refractivity contribution is 6.36. The number of carbonyl (C=O) groups is 2. The molecular weight excluding hydrogens is 373 g/mol. The molecule has 0 aliphatic heterocycles. The number of aryl methyl sites for hydroxylation is 1. The molecule has 0 radical (unpaired) electrons. The minimum atomic E-state index is -0.220. The molecule has 2 amide bonds. The van der Waals surface area contributed by atoms with Gasteiger partial charge in [0.1, 0.15) is 0 Å². The predicted octanol–water partition coefficient (Wildman–Crippen LogP) is 4.06. The molecule has 0 fully saturated rings. The Morgan fingerprint density at radius 2 is 1.85 bits per heavy atom. The highest BCUT2D eigenvalue weighted by Gasteiger charge is 2.08. The Hall–Kier alpha value is -2.24. The van der Waals surface area contributed by atoms with E-state index in [9.17, 15) is 9.59 Å². The molecule has 138 valence electrons. The molecule has 0 heterocycles. The number of nitrogens with zero attached hydrogens (tertiary/aromatic N) is 1. The summed E-state index contributed by atoms with van der Waals surface area (Å²) in [7, 11) is 3.48. The Balaban J connectivity index is 1.87. The first-order valence-electron chi connectivity index (χ1n) is 8.13. The van der Waals surface area contributed by atoms with E-state index in [1.54, 1.807) is 37.2 Å². The van der Waals surface area contributed by atoms with Crippen LogP contribution in [0.2, 0.25) is 10.0 Å². The first-order valence-corrected chi connectivity index (χ1v) is 8.88. The van der Waals surface area contributed by atoms with Gasteiger partial charge in [0.15, 0.2) is 0 Å². The van der Waals surface area contributed by atoms with Crippen LogP contribution in [0.5, 0.6) is 0 Å². The standard InChI is InChI=1S/C19H21Cl2N3O2/c1-24(2)19(26)9-6-13-4-3-5-15(10-13)22-12-18(25)23-17-8-7-14(20)11-16(17)21/h3-5,7-8,10-11,22H,6,9,12H2,1-2H3,(H,23,25). The van der Waals surface area contributed by atoms with Gasteiger partial charge >= 0.3 is 0 Å². The van der Waals surface area contributed by atoms with E-state index in [1.165, 1.54) is 0 Å². The lowest BCUT2D eigenvalue weighted by molar-refractivity contribution is -0.128. The van der Waals surface area contributed by atoms with E-state index < -0.39 is 0 Å². The van der Waals surface area contributed by atoms with Crippen molar-refractivity contribution in [1.82, 2.24) is 4.90 Å². The summed E-state index contributed by atoms with van der Waals surface area (Å²) in [6, 6.07) is 12.6. The van der Waals surface area contributed by atoms with Crippen LogP contribution in [0.25, 0.3) is 0 Å². The average molecular weight is 394 g/mol. The molecule has 7 heteroatoms. The lowest BCUT2D eigenvalue weighted by Crippen LogP contribution is -2.22. The van der Waals surface area contributed by atoms with Crippen molar-refractivity contribution >= 4 is 46.4 Å². The third-order valence-electron chi connectivity index (χ3n) is 3.71. The SMILES string of the molecule is CN(C)C(=O)CCc1cccc(NCC(=O)Nc2ccc(Cl)cc2Cl)c1. The zero-order valence-corrected chi connectivity index (χ0v) is 16.2. The van der Waals surface area contributed by atoms with E-state index in [0.29, 0.717) is 28.6 Å². The molecule has 0 aliphatic rings. The fourth-order valence-electron chi connectivity index (χ4n) is 2.28. The van der Waals surface area contributed by atoms with Crippen molar-refractivity contribution in [2.45, 2.75) is 12.8 Å².